The molecule has 14 heavy (non-hydrogen) atoms. The van der Waals surface area contributed by atoms with E-state index in [4.69, 9.17) is 16.3 Å². The van der Waals surface area contributed by atoms with Crippen molar-refractivity contribution in [3.05, 3.63) is 33.3 Å². The first-order chi connectivity index (χ1) is 6.66. The van der Waals surface area contributed by atoms with Crippen molar-refractivity contribution in [1.29, 1.82) is 0 Å². The van der Waals surface area contributed by atoms with Crippen LogP contribution in [0.5, 0.6) is 0 Å². The molecule has 0 radical (unpaired) electrons. The van der Waals surface area contributed by atoms with Gasteiger partial charge in [-0.25, -0.2) is 4.79 Å². The molecule has 0 spiro atoms. The number of ether oxygens (including phenoxy) is 1. The number of amides is 1. The summed E-state index contributed by atoms with van der Waals surface area (Å²) in [5.41, 5.74) is 0.876. The summed E-state index contributed by atoms with van der Waals surface area (Å²) in [7, 11) is 0. The summed E-state index contributed by atoms with van der Waals surface area (Å²) in [6.07, 6.45) is -0.394. The third-order valence-corrected chi connectivity index (χ3v) is 2.83. The van der Waals surface area contributed by atoms with Crippen LogP contribution in [0.3, 0.4) is 0 Å². The smallest absolute Gasteiger partial charge is 0.407 e. The molecule has 74 valence electrons. The molecule has 1 aliphatic heterocycles. The van der Waals surface area contributed by atoms with Gasteiger partial charge in [-0.1, -0.05) is 33.6 Å². The zero-order chi connectivity index (χ0) is 10.1. The molecule has 1 aliphatic rings. The minimum Gasteiger partial charge on any atom is -0.447 e. The zero-order valence-corrected chi connectivity index (χ0v) is 9.43. The fourth-order valence-corrected chi connectivity index (χ4v) is 2.14. The Morgan fingerprint density at radius 2 is 2.36 bits per heavy atom. The maximum Gasteiger partial charge on any atom is 0.407 e. The maximum atomic E-state index is 10.8. The van der Waals surface area contributed by atoms with Crippen molar-refractivity contribution < 1.29 is 9.53 Å². The molecule has 1 heterocycles. The summed E-state index contributed by atoms with van der Waals surface area (Å²) in [5, 5.41) is 3.29. The molecule has 0 saturated carbocycles. The van der Waals surface area contributed by atoms with E-state index in [0.29, 0.717) is 11.6 Å². The highest BCUT2D eigenvalue weighted by molar-refractivity contribution is 9.10. The number of halogens is 2. The van der Waals surface area contributed by atoms with Gasteiger partial charge in [-0.05, 0) is 17.7 Å². The first kappa shape index (κ1) is 9.80. The van der Waals surface area contributed by atoms with Crippen LogP contribution in [0.2, 0.25) is 5.02 Å². The molecule has 1 aromatic carbocycles. The van der Waals surface area contributed by atoms with Gasteiger partial charge in [-0.3, -0.25) is 0 Å². The van der Waals surface area contributed by atoms with Crippen LogP contribution >= 0.6 is 27.5 Å². The number of alkyl carbamates (subject to hydrolysis) is 1. The first-order valence-corrected chi connectivity index (χ1v) is 5.22. The molecule has 0 aliphatic carbocycles. The summed E-state index contributed by atoms with van der Waals surface area (Å²) in [5.74, 6) is 0. The predicted molar refractivity (Wildman–Crippen MR) is 56.4 cm³/mol. The second-order valence-corrected chi connectivity index (χ2v) is 4.28. The standard InChI is InChI=1S/C9H7BrClNO2/c10-5-1-2-6(7(11)3-5)8-4-14-9(13)12-8/h1-3,8H,4H2,(H,12,13)/t8-/m0/s1. The Balaban J connectivity index is 2.28. The van der Waals surface area contributed by atoms with Gasteiger partial charge in [0.1, 0.15) is 6.61 Å². The highest BCUT2D eigenvalue weighted by atomic mass is 79.9. The summed E-state index contributed by atoms with van der Waals surface area (Å²) in [6.45, 7) is 0.334. The summed E-state index contributed by atoms with van der Waals surface area (Å²) >= 11 is 9.33. The average Bonchev–Trinajstić information content (AvgIpc) is 2.51. The maximum absolute atomic E-state index is 10.8. The third kappa shape index (κ3) is 1.86. The fraction of sp³-hybridized carbons (Fsp3) is 0.222. The highest BCUT2D eigenvalue weighted by Gasteiger charge is 2.25. The lowest BCUT2D eigenvalue weighted by molar-refractivity contribution is 0.177. The number of benzene rings is 1. The Labute approximate surface area is 94.5 Å². The van der Waals surface area contributed by atoms with E-state index in [-0.39, 0.29) is 6.04 Å². The van der Waals surface area contributed by atoms with Crippen molar-refractivity contribution in [3.8, 4) is 0 Å². The van der Waals surface area contributed by atoms with Gasteiger partial charge in [0.25, 0.3) is 0 Å². The van der Waals surface area contributed by atoms with Crippen molar-refractivity contribution in [2.75, 3.05) is 6.61 Å². The number of hydrogen-bond acceptors (Lipinski definition) is 2. The van der Waals surface area contributed by atoms with Gasteiger partial charge in [0.2, 0.25) is 0 Å². The van der Waals surface area contributed by atoms with Crippen LogP contribution in [-0.4, -0.2) is 12.7 Å². The molecule has 3 nitrogen and oxygen atoms in total. The lowest BCUT2D eigenvalue weighted by atomic mass is 10.1. The molecular formula is C9H7BrClNO2. The van der Waals surface area contributed by atoms with E-state index in [9.17, 15) is 4.79 Å². The van der Waals surface area contributed by atoms with Crippen LogP contribution in [0.15, 0.2) is 22.7 Å². The van der Waals surface area contributed by atoms with Crippen molar-refractivity contribution >= 4 is 33.6 Å². The Morgan fingerprint density at radius 3 is 2.93 bits per heavy atom. The fourth-order valence-electron chi connectivity index (χ4n) is 1.34. The van der Waals surface area contributed by atoms with E-state index < -0.39 is 6.09 Å². The normalized spacial score (nSPS) is 20.4. The van der Waals surface area contributed by atoms with Crippen LogP contribution in [0, 0.1) is 0 Å². The molecule has 1 N–H and O–H groups in total. The van der Waals surface area contributed by atoms with Crippen molar-refractivity contribution in [2.45, 2.75) is 6.04 Å². The zero-order valence-electron chi connectivity index (χ0n) is 7.09. The number of carbonyl (C=O) groups excluding carboxylic acids is 1. The van der Waals surface area contributed by atoms with Gasteiger partial charge >= 0.3 is 6.09 Å². The van der Waals surface area contributed by atoms with E-state index in [1.54, 1.807) is 6.07 Å². The van der Waals surface area contributed by atoms with Gasteiger partial charge in [0.05, 0.1) is 6.04 Å². The molecular weight excluding hydrogens is 269 g/mol. The van der Waals surface area contributed by atoms with Gasteiger partial charge in [-0.2, -0.15) is 0 Å². The molecule has 1 saturated heterocycles. The summed E-state index contributed by atoms with van der Waals surface area (Å²) < 4.78 is 5.70. The lowest BCUT2D eigenvalue weighted by Gasteiger charge is -2.09. The molecule has 5 heteroatoms. The highest BCUT2D eigenvalue weighted by Crippen LogP contribution is 2.28. The van der Waals surface area contributed by atoms with E-state index in [1.807, 2.05) is 12.1 Å². The number of carbonyl (C=O) groups is 1. The van der Waals surface area contributed by atoms with E-state index in [2.05, 4.69) is 21.2 Å². The first-order valence-electron chi connectivity index (χ1n) is 4.05. The van der Waals surface area contributed by atoms with Crippen LogP contribution < -0.4 is 5.32 Å². The van der Waals surface area contributed by atoms with Crippen molar-refractivity contribution in [2.24, 2.45) is 0 Å². The van der Waals surface area contributed by atoms with E-state index in [1.165, 1.54) is 0 Å². The largest absolute Gasteiger partial charge is 0.447 e. The molecule has 0 bridgehead atoms. The van der Waals surface area contributed by atoms with Gasteiger partial charge in [-0.15, -0.1) is 0 Å². The van der Waals surface area contributed by atoms with E-state index >= 15 is 0 Å². The van der Waals surface area contributed by atoms with Gasteiger partial charge in [0, 0.05) is 9.50 Å². The second kappa shape index (κ2) is 3.79. The Morgan fingerprint density at radius 1 is 1.57 bits per heavy atom. The SMILES string of the molecule is O=C1N[C@H](c2ccc(Br)cc2Cl)CO1. The Kier molecular flexibility index (Phi) is 2.65. The number of rotatable bonds is 1. The van der Waals surface area contributed by atoms with Crippen molar-refractivity contribution in [1.82, 2.24) is 5.32 Å². The van der Waals surface area contributed by atoms with Crippen LogP contribution in [0.25, 0.3) is 0 Å². The minimum absolute atomic E-state index is 0.136. The molecule has 1 fully saturated rings. The molecule has 1 aromatic rings. The van der Waals surface area contributed by atoms with Crippen LogP contribution in [0.4, 0.5) is 4.79 Å². The van der Waals surface area contributed by atoms with E-state index in [0.717, 1.165) is 10.0 Å². The monoisotopic (exact) mass is 275 g/mol. The van der Waals surface area contributed by atoms with Gasteiger partial charge < -0.3 is 10.1 Å². The topological polar surface area (TPSA) is 38.3 Å². The molecule has 2 rings (SSSR count). The molecule has 0 unspecified atom stereocenters. The molecule has 0 aromatic heterocycles. The van der Waals surface area contributed by atoms with Crippen LogP contribution in [0.1, 0.15) is 11.6 Å². The summed E-state index contributed by atoms with van der Waals surface area (Å²) in [6, 6.07) is 5.40. The third-order valence-electron chi connectivity index (χ3n) is 2.01. The average molecular weight is 277 g/mol. The predicted octanol–water partition coefficient (Wildman–Crippen LogP) is 2.88. The van der Waals surface area contributed by atoms with Crippen molar-refractivity contribution in [3.63, 3.8) is 0 Å². The Hall–Kier alpha value is -0.740. The quantitative estimate of drug-likeness (QED) is 0.856. The summed E-state index contributed by atoms with van der Waals surface area (Å²) in [4.78, 5) is 10.8. The molecule has 1 atom stereocenters. The van der Waals surface area contributed by atoms with Gasteiger partial charge in [0.15, 0.2) is 0 Å². The second-order valence-electron chi connectivity index (χ2n) is 2.96. The number of hydrogen-bond donors (Lipinski definition) is 1. The van der Waals surface area contributed by atoms with Crippen LogP contribution in [-0.2, 0) is 4.74 Å². The number of cyclic esters (lactones) is 1. The number of nitrogens with one attached hydrogen (secondary N) is 1. The Bertz CT molecular complexity index is 383. The molecule has 1 amide bonds. The lowest BCUT2D eigenvalue weighted by Crippen LogP contribution is -2.18. The minimum atomic E-state index is -0.394.